The zero-order chi connectivity index (χ0) is 14.5. The zero-order valence-electron chi connectivity index (χ0n) is 10.9. The summed E-state index contributed by atoms with van der Waals surface area (Å²) in [5.41, 5.74) is -0.275. The van der Waals surface area contributed by atoms with Gasteiger partial charge in [0.15, 0.2) is 4.34 Å². The van der Waals surface area contributed by atoms with E-state index in [9.17, 15) is 9.59 Å². The Morgan fingerprint density at radius 2 is 2.05 bits per heavy atom. The van der Waals surface area contributed by atoms with E-state index in [0.29, 0.717) is 9.47 Å². The van der Waals surface area contributed by atoms with Gasteiger partial charge in [-0.1, -0.05) is 23.1 Å². The molecule has 7 nitrogen and oxygen atoms in total. The molecule has 0 fully saturated rings. The van der Waals surface area contributed by atoms with E-state index >= 15 is 0 Å². The molecule has 0 saturated heterocycles. The number of aliphatic carboxylic acids is 1. The van der Waals surface area contributed by atoms with Gasteiger partial charge in [-0.15, -0.1) is 10.2 Å². The Balaban J connectivity index is 2.38. The molecule has 1 heterocycles. The molecule has 19 heavy (non-hydrogen) atoms. The lowest BCUT2D eigenvalue weighted by atomic mass is 10.1. The largest absolute Gasteiger partial charge is 0.481 e. The number of rotatable bonds is 6. The summed E-state index contributed by atoms with van der Waals surface area (Å²) < 4.78 is 0.557. The Morgan fingerprint density at radius 3 is 2.63 bits per heavy atom. The highest BCUT2D eigenvalue weighted by Crippen LogP contribution is 2.24. The van der Waals surface area contributed by atoms with Crippen LogP contribution in [0.4, 0.5) is 5.13 Å². The Hall–Kier alpha value is -1.35. The van der Waals surface area contributed by atoms with Gasteiger partial charge in [0.25, 0.3) is 0 Å². The number of anilines is 1. The number of nitrogens with one attached hydrogen (secondary N) is 2. The lowest BCUT2D eigenvalue weighted by molar-refractivity contribution is -0.134. The average Bonchev–Trinajstić information content (AvgIpc) is 2.69. The quantitative estimate of drug-likeness (QED) is 0.674. The van der Waals surface area contributed by atoms with Crippen LogP contribution in [0.5, 0.6) is 0 Å². The highest BCUT2D eigenvalue weighted by molar-refractivity contribution is 8.01. The van der Waals surface area contributed by atoms with Gasteiger partial charge in [-0.25, -0.2) is 0 Å². The van der Waals surface area contributed by atoms with E-state index in [0.717, 1.165) is 11.8 Å². The predicted molar refractivity (Wildman–Crippen MR) is 74.7 cm³/mol. The molecule has 0 radical (unpaired) electrons. The van der Waals surface area contributed by atoms with Crippen LogP contribution < -0.4 is 10.6 Å². The number of carbonyl (C=O) groups is 2. The van der Waals surface area contributed by atoms with Crippen molar-refractivity contribution in [1.82, 2.24) is 15.5 Å². The summed E-state index contributed by atoms with van der Waals surface area (Å²) in [5, 5.41) is 22.3. The minimum atomic E-state index is -0.903. The minimum absolute atomic E-state index is 0.0564. The fourth-order valence-electron chi connectivity index (χ4n) is 1.08. The van der Waals surface area contributed by atoms with Gasteiger partial charge >= 0.3 is 5.97 Å². The maximum absolute atomic E-state index is 11.6. The Morgan fingerprint density at radius 1 is 1.37 bits per heavy atom. The van der Waals surface area contributed by atoms with Crippen LogP contribution in [-0.2, 0) is 9.59 Å². The molecule has 9 heteroatoms. The van der Waals surface area contributed by atoms with Crippen molar-refractivity contribution in [2.24, 2.45) is 0 Å². The van der Waals surface area contributed by atoms with Crippen molar-refractivity contribution < 1.29 is 14.7 Å². The molecule has 0 aliphatic carbocycles. The van der Waals surface area contributed by atoms with E-state index in [2.05, 4.69) is 20.8 Å². The molecular weight excluding hydrogens is 288 g/mol. The molecule has 1 amide bonds. The van der Waals surface area contributed by atoms with Gasteiger partial charge in [0.2, 0.25) is 11.0 Å². The highest BCUT2D eigenvalue weighted by Gasteiger charge is 2.14. The highest BCUT2D eigenvalue weighted by atomic mass is 32.2. The van der Waals surface area contributed by atoms with E-state index in [1.165, 1.54) is 11.3 Å². The van der Waals surface area contributed by atoms with Crippen LogP contribution in [0.15, 0.2) is 4.34 Å². The second-order valence-electron chi connectivity index (χ2n) is 4.71. The number of hydrogen-bond donors (Lipinski definition) is 3. The number of carboxylic acid groups (broad SMARTS) is 1. The summed E-state index contributed by atoms with van der Waals surface area (Å²) in [6.45, 7) is 5.80. The lowest BCUT2D eigenvalue weighted by Gasteiger charge is -2.20. The normalized spacial score (nSPS) is 11.1. The van der Waals surface area contributed by atoms with Gasteiger partial charge in [-0.3, -0.25) is 9.59 Å². The second-order valence-corrected chi connectivity index (χ2v) is 6.91. The molecular formula is C10H16N4O3S2. The fraction of sp³-hybridized carbons (Fsp3) is 0.600. The van der Waals surface area contributed by atoms with Crippen LogP contribution in [-0.4, -0.2) is 45.0 Å². The SMILES string of the molecule is CC(C)(C)NC(=O)CNc1nnc(SCC(=O)O)s1. The van der Waals surface area contributed by atoms with Crippen molar-refractivity contribution >= 4 is 40.1 Å². The van der Waals surface area contributed by atoms with Gasteiger partial charge in [0, 0.05) is 5.54 Å². The molecule has 0 aliphatic heterocycles. The Labute approximate surface area is 119 Å². The molecule has 0 spiro atoms. The lowest BCUT2D eigenvalue weighted by Crippen LogP contribution is -2.43. The van der Waals surface area contributed by atoms with Crippen molar-refractivity contribution in [2.75, 3.05) is 17.6 Å². The number of thioether (sulfide) groups is 1. The third-order valence-electron chi connectivity index (χ3n) is 1.64. The monoisotopic (exact) mass is 304 g/mol. The van der Waals surface area contributed by atoms with Gasteiger partial charge in [-0.2, -0.15) is 0 Å². The van der Waals surface area contributed by atoms with Crippen molar-refractivity contribution in [3.05, 3.63) is 0 Å². The first kappa shape index (κ1) is 15.7. The van der Waals surface area contributed by atoms with E-state index in [1.807, 2.05) is 20.8 Å². The van der Waals surface area contributed by atoms with Crippen LogP contribution >= 0.6 is 23.1 Å². The van der Waals surface area contributed by atoms with Crippen LogP contribution in [0.25, 0.3) is 0 Å². The third-order valence-corrected chi connectivity index (χ3v) is 3.64. The molecule has 0 atom stereocenters. The number of amides is 1. The van der Waals surface area contributed by atoms with E-state index in [1.54, 1.807) is 0 Å². The summed E-state index contributed by atoms with van der Waals surface area (Å²) >= 11 is 2.32. The fourth-order valence-corrected chi connectivity index (χ4v) is 2.55. The smallest absolute Gasteiger partial charge is 0.313 e. The van der Waals surface area contributed by atoms with Crippen LogP contribution in [0.2, 0.25) is 0 Å². The minimum Gasteiger partial charge on any atom is -0.481 e. The summed E-state index contributed by atoms with van der Waals surface area (Å²) in [6, 6.07) is 0. The molecule has 3 N–H and O–H groups in total. The van der Waals surface area contributed by atoms with Crippen LogP contribution in [0.3, 0.4) is 0 Å². The first-order chi connectivity index (χ1) is 8.76. The summed E-state index contributed by atoms with van der Waals surface area (Å²) in [7, 11) is 0. The molecule has 0 aromatic carbocycles. The predicted octanol–water partition coefficient (Wildman–Crippen LogP) is 1.04. The zero-order valence-corrected chi connectivity index (χ0v) is 12.5. The standard InChI is InChI=1S/C10H16N4O3S2/c1-10(2,3)12-6(15)4-11-8-13-14-9(19-8)18-5-7(16)17/h4-5H2,1-3H3,(H,11,13)(H,12,15)(H,16,17). The maximum atomic E-state index is 11.6. The molecule has 0 saturated carbocycles. The first-order valence-electron chi connectivity index (χ1n) is 5.49. The molecule has 1 aromatic rings. The number of hydrogen-bond acceptors (Lipinski definition) is 7. The van der Waals surface area contributed by atoms with Crippen molar-refractivity contribution in [1.29, 1.82) is 0 Å². The van der Waals surface area contributed by atoms with Gasteiger partial charge in [-0.05, 0) is 20.8 Å². The molecule has 0 bridgehead atoms. The molecule has 1 aromatic heterocycles. The average molecular weight is 304 g/mol. The number of aromatic nitrogens is 2. The van der Waals surface area contributed by atoms with Crippen LogP contribution in [0.1, 0.15) is 20.8 Å². The van der Waals surface area contributed by atoms with E-state index < -0.39 is 5.97 Å². The van der Waals surface area contributed by atoms with Crippen molar-refractivity contribution in [3.63, 3.8) is 0 Å². The Kier molecular flexibility index (Phi) is 5.55. The molecule has 1 rings (SSSR count). The molecule has 106 valence electrons. The Bertz CT molecular complexity index is 456. The van der Waals surface area contributed by atoms with Gasteiger partial charge in [0.1, 0.15) is 0 Å². The summed E-state index contributed by atoms with van der Waals surface area (Å²) in [4.78, 5) is 21.9. The number of nitrogens with zero attached hydrogens (tertiary/aromatic N) is 2. The molecule has 0 aliphatic rings. The number of carbonyl (C=O) groups excluding carboxylic acids is 1. The third kappa shape index (κ3) is 6.97. The van der Waals surface area contributed by atoms with E-state index in [-0.39, 0.29) is 23.7 Å². The van der Waals surface area contributed by atoms with Gasteiger partial charge < -0.3 is 15.7 Å². The second kappa shape index (κ2) is 6.71. The molecule has 0 unspecified atom stereocenters. The van der Waals surface area contributed by atoms with Crippen molar-refractivity contribution in [2.45, 2.75) is 30.6 Å². The van der Waals surface area contributed by atoms with Gasteiger partial charge in [0.05, 0.1) is 12.3 Å². The van der Waals surface area contributed by atoms with E-state index in [4.69, 9.17) is 5.11 Å². The summed E-state index contributed by atoms with van der Waals surface area (Å²) in [5.74, 6) is -1.10. The number of carboxylic acids is 1. The topological polar surface area (TPSA) is 104 Å². The van der Waals surface area contributed by atoms with Crippen LogP contribution in [0, 0.1) is 0 Å². The first-order valence-corrected chi connectivity index (χ1v) is 7.29. The maximum Gasteiger partial charge on any atom is 0.313 e. The van der Waals surface area contributed by atoms with Crippen molar-refractivity contribution in [3.8, 4) is 0 Å². The summed E-state index contributed by atoms with van der Waals surface area (Å²) in [6.07, 6.45) is 0.